The zero-order valence-electron chi connectivity index (χ0n) is 49.8. The van der Waals surface area contributed by atoms with Crippen LogP contribution in [0.2, 0.25) is 5.54 Å². The van der Waals surface area contributed by atoms with E-state index in [0.29, 0.717) is 0 Å². The fourth-order valence-electron chi connectivity index (χ4n) is 14.5. The van der Waals surface area contributed by atoms with Gasteiger partial charge in [-0.25, -0.2) is 0 Å². The zero-order valence-corrected chi connectivity index (χ0v) is 50.8. The first kappa shape index (κ1) is 54.6. The van der Waals surface area contributed by atoms with E-state index in [1.165, 1.54) is 155 Å². The van der Waals surface area contributed by atoms with Crippen LogP contribution in [0.3, 0.4) is 0 Å². The molecule has 0 saturated heterocycles. The maximum absolute atomic E-state index is 4.05. The average molecular weight is 1110 g/mol. The van der Waals surface area contributed by atoms with E-state index in [-0.39, 0.29) is 5.54 Å². The van der Waals surface area contributed by atoms with Crippen LogP contribution in [-0.4, -0.2) is 8.07 Å². The van der Waals surface area contributed by atoms with Gasteiger partial charge in [0.2, 0.25) is 0 Å². The smallest absolute Gasteiger partial charge is 0.0647 e. The van der Waals surface area contributed by atoms with Crippen molar-refractivity contribution in [3.05, 3.63) is 330 Å². The van der Waals surface area contributed by atoms with Gasteiger partial charge in [-0.2, -0.15) is 0 Å². The molecule has 0 aliphatic heterocycles. The molecule has 12 aromatic carbocycles. The van der Waals surface area contributed by atoms with Crippen LogP contribution < -0.4 is 15.6 Å². The van der Waals surface area contributed by atoms with Gasteiger partial charge in [0.1, 0.15) is 0 Å². The molecular weight excluding hydrogens is 1040 g/mol. The molecule has 0 aromatic heterocycles. The first-order chi connectivity index (χ1) is 41.7. The molecule has 410 valence electrons. The third-order valence-corrected chi connectivity index (χ3v) is 24.2. The molecule has 13 rings (SSSR count). The van der Waals surface area contributed by atoms with Crippen molar-refractivity contribution in [1.29, 1.82) is 0 Å². The van der Waals surface area contributed by atoms with Gasteiger partial charge in [-0.15, -0.1) is 0 Å². The maximum atomic E-state index is 2.73. The van der Waals surface area contributed by atoms with E-state index in [9.17, 15) is 0 Å². The molecule has 0 bridgehead atoms. The van der Waals surface area contributed by atoms with Crippen LogP contribution in [0.15, 0.2) is 313 Å². The summed E-state index contributed by atoms with van der Waals surface area (Å²) in [7, 11) is -4.05. The largest absolute Gasteiger partial charge is 0.161 e. The first-order valence-corrected chi connectivity index (χ1v) is 32.1. The molecule has 0 unspecified atom stereocenters. The Bertz CT molecular complexity index is 4010. The Kier molecular flexibility index (Phi) is 14.9. The number of allylic oxidation sites excluding steroid dienone is 4. The lowest BCUT2D eigenvalue weighted by atomic mass is 9.85. The van der Waals surface area contributed by atoms with Crippen LogP contribution in [-0.2, 0) is 0 Å². The summed E-state index contributed by atoms with van der Waals surface area (Å²) < 4.78 is 0. The molecule has 1 aliphatic rings. The highest BCUT2D eigenvalue weighted by Gasteiger charge is 2.55. The monoisotopic (exact) mass is 1110 g/mol. The molecule has 0 radical (unpaired) electrons. The molecule has 1 aliphatic carbocycles. The molecule has 0 fully saturated rings. The van der Waals surface area contributed by atoms with Crippen LogP contribution in [0.5, 0.6) is 0 Å². The van der Waals surface area contributed by atoms with Crippen LogP contribution in [0, 0.1) is 20.8 Å². The van der Waals surface area contributed by atoms with Gasteiger partial charge in [0.05, 0.1) is 0 Å². The minimum atomic E-state index is -4.05. The molecule has 0 nitrogen and oxygen atoms in total. The second-order valence-electron chi connectivity index (χ2n) is 23.2. The van der Waals surface area contributed by atoms with Crippen molar-refractivity contribution in [3.8, 4) is 100 Å². The van der Waals surface area contributed by atoms with E-state index in [1.54, 1.807) is 0 Å². The van der Waals surface area contributed by atoms with E-state index >= 15 is 0 Å². The minimum absolute atomic E-state index is 0.0836. The predicted molar refractivity (Wildman–Crippen MR) is 368 cm³/mol. The number of benzene rings is 12. The van der Waals surface area contributed by atoms with Gasteiger partial charge < -0.3 is 0 Å². The normalized spacial score (nSPS) is 12.7. The van der Waals surface area contributed by atoms with E-state index in [2.05, 4.69) is 340 Å². The van der Waals surface area contributed by atoms with Gasteiger partial charge in [-0.05, 0) is 192 Å². The molecule has 1 heteroatoms. The van der Waals surface area contributed by atoms with Crippen molar-refractivity contribution in [2.24, 2.45) is 0 Å². The standard InChI is InChI=1S/C84H70Si/c1-56-57(2)59(4)84(58(56)3)85(75-53-72(63-35-17-8-18-36-63)60(5)78(66-41-23-11-24-42-66)81(75)69-47-29-14-30-48-69,76-54-73(64-37-19-9-20-38-64)61(6)79(67-43-25-12-26-44-67)82(76)70-49-31-15-32-50-70)77-55-74(65-39-21-10-22-40-65)62(7)80(68-45-27-13-28-46-68)83(77)71-51-33-16-34-52-71/h8-55,84H,1-7H3. The Balaban J connectivity index is 1.44. The lowest BCUT2D eigenvalue weighted by molar-refractivity contribution is 1.09. The van der Waals surface area contributed by atoms with Crippen molar-refractivity contribution in [2.75, 3.05) is 0 Å². The van der Waals surface area contributed by atoms with E-state index in [4.69, 9.17) is 0 Å². The second kappa shape index (κ2) is 23.2. The van der Waals surface area contributed by atoms with E-state index in [0.717, 1.165) is 0 Å². The summed E-state index contributed by atoms with van der Waals surface area (Å²) in [5.41, 5.74) is 31.4. The summed E-state index contributed by atoms with van der Waals surface area (Å²) in [6, 6.07) is 110. The van der Waals surface area contributed by atoms with Gasteiger partial charge in [-0.1, -0.05) is 302 Å². The molecular formula is C84H70Si. The highest BCUT2D eigenvalue weighted by molar-refractivity contribution is 7.15. The highest BCUT2D eigenvalue weighted by Crippen LogP contribution is 2.54. The van der Waals surface area contributed by atoms with Crippen LogP contribution in [0.4, 0.5) is 0 Å². The summed E-state index contributed by atoms with van der Waals surface area (Å²) in [4.78, 5) is 0. The van der Waals surface area contributed by atoms with Crippen molar-refractivity contribution in [2.45, 2.75) is 54.0 Å². The topological polar surface area (TPSA) is 0 Å². The fourth-order valence-corrected chi connectivity index (χ4v) is 21.2. The van der Waals surface area contributed by atoms with Crippen molar-refractivity contribution >= 4 is 23.6 Å². The van der Waals surface area contributed by atoms with Gasteiger partial charge in [0.15, 0.2) is 8.07 Å². The third kappa shape index (κ3) is 9.50. The maximum Gasteiger partial charge on any atom is 0.161 e. The van der Waals surface area contributed by atoms with E-state index in [1.807, 2.05) is 0 Å². The van der Waals surface area contributed by atoms with Gasteiger partial charge >= 0.3 is 0 Å². The summed E-state index contributed by atoms with van der Waals surface area (Å²) in [6.07, 6.45) is 0. The van der Waals surface area contributed by atoms with Crippen LogP contribution in [0.25, 0.3) is 100 Å². The Hall–Kier alpha value is -9.66. The Morgan fingerprint density at radius 1 is 0.212 bits per heavy atom. The molecule has 0 atom stereocenters. The Labute approximate surface area is 504 Å². The second-order valence-corrected chi connectivity index (χ2v) is 27.0. The van der Waals surface area contributed by atoms with Gasteiger partial charge in [0, 0.05) is 5.54 Å². The summed E-state index contributed by atoms with van der Waals surface area (Å²) in [6.45, 7) is 16.9. The lowest BCUT2D eigenvalue weighted by Crippen LogP contribution is -2.71. The lowest BCUT2D eigenvalue weighted by Gasteiger charge is -2.46. The quantitative estimate of drug-likeness (QED) is 0.0797. The van der Waals surface area contributed by atoms with Crippen LogP contribution >= 0.6 is 0 Å². The number of rotatable bonds is 13. The fraction of sp³-hybridized carbons (Fsp3) is 0.0952. The molecule has 85 heavy (non-hydrogen) atoms. The molecule has 0 heterocycles. The van der Waals surface area contributed by atoms with E-state index < -0.39 is 8.07 Å². The Morgan fingerprint density at radius 3 is 0.588 bits per heavy atom. The van der Waals surface area contributed by atoms with Gasteiger partial charge in [-0.3, -0.25) is 0 Å². The number of hydrogen-bond acceptors (Lipinski definition) is 0. The third-order valence-electron chi connectivity index (χ3n) is 18.7. The first-order valence-electron chi connectivity index (χ1n) is 30.0. The summed E-state index contributed by atoms with van der Waals surface area (Å²) >= 11 is 0. The zero-order chi connectivity index (χ0) is 58.2. The van der Waals surface area contributed by atoms with Crippen molar-refractivity contribution in [1.82, 2.24) is 0 Å². The Morgan fingerprint density at radius 2 is 0.388 bits per heavy atom. The van der Waals surface area contributed by atoms with Crippen molar-refractivity contribution in [3.63, 3.8) is 0 Å². The molecule has 12 aromatic rings. The molecule has 0 spiro atoms. The van der Waals surface area contributed by atoms with Crippen LogP contribution in [0.1, 0.15) is 44.4 Å². The van der Waals surface area contributed by atoms with Crippen molar-refractivity contribution < 1.29 is 0 Å². The minimum Gasteiger partial charge on any atom is -0.0647 e. The average Bonchev–Trinajstić information content (AvgIpc) is 1.74. The van der Waals surface area contributed by atoms with Gasteiger partial charge in [0.25, 0.3) is 0 Å². The highest BCUT2D eigenvalue weighted by atomic mass is 28.3. The molecule has 0 saturated carbocycles. The predicted octanol–water partition coefficient (Wildman–Crippen LogP) is 21.1. The number of hydrogen-bond donors (Lipinski definition) is 0. The summed E-state index contributed by atoms with van der Waals surface area (Å²) in [5, 5.41) is 4.14. The summed E-state index contributed by atoms with van der Waals surface area (Å²) in [5.74, 6) is 0. The SMILES string of the molecule is CC1=C(C)C([Si](c2cc(-c3ccccc3)c(C)c(-c3ccccc3)c2-c2ccccc2)(c2cc(-c3ccccc3)c(C)c(-c3ccccc3)c2-c2ccccc2)c2cc(-c3ccccc3)c(C)c(-c3ccccc3)c2-c2ccccc2)C(C)=C1C. The molecule has 0 N–H and O–H groups in total. The molecule has 0 amide bonds.